The highest BCUT2D eigenvalue weighted by Gasteiger charge is 2.29. The Hall–Kier alpha value is -3.61. The third-order valence-electron chi connectivity index (χ3n) is 5.75. The zero-order chi connectivity index (χ0) is 21.8. The van der Waals surface area contributed by atoms with Crippen LogP contribution in [0.25, 0.3) is 11.1 Å². The van der Waals surface area contributed by atoms with Crippen molar-refractivity contribution in [1.29, 1.82) is 0 Å². The molecule has 1 aliphatic rings. The first-order chi connectivity index (χ1) is 15.0. The number of aromatic nitrogens is 2. The van der Waals surface area contributed by atoms with E-state index < -0.39 is 12.1 Å². The maximum Gasteiger partial charge on any atom is 0.407 e. The quantitative estimate of drug-likeness (QED) is 0.580. The minimum absolute atomic E-state index is 0.0207. The molecule has 1 aliphatic carbocycles. The Balaban J connectivity index is 1.42. The second-order valence-corrected chi connectivity index (χ2v) is 7.75. The van der Waals surface area contributed by atoms with Gasteiger partial charge in [0.25, 0.3) is 0 Å². The van der Waals surface area contributed by atoms with Gasteiger partial charge in [-0.3, -0.25) is 9.48 Å². The average molecular weight is 419 g/mol. The van der Waals surface area contributed by atoms with Gasteiger partial charge in [-0.25, -0.2) is 4.79 Å². The molecule has 0 radical (unpaired) electrons. The summed E-state index contributed by atoms with van der Waals surface area (Å²) in [7, 11) is 1.82. The number of alkyl carbamates (subject to hydrolysis) is 1. The highest BCUT2D eigenvalue weighted by molar-refractivity contribution is 5.79. The average Bonchev–Trinajstić information content (AvgIpc) is 3.31. The summed E-state index contributed by atoms with van der Waals surface area (Å²) >= 11 is 0. The van der Waals surface area contributed by atoms with E-state index in [1.54, 1.807) is 10.9 Å². The first-order valence-corrected chi connectivity index (χ1v) is 10.3. The minimum Gasteiger partial charge on any atom is -0.481 e. The number of amides is 1. The molecule has 0 saturated carbocycles. The largest absolute Gasteiger partial charge is 0.481 e. The number of nitrogens with zero attached hydrogens (tertiary/aromatic N) is 2. The SMILES string of the molecule is Cn1nccc1CC(CCC(=O)O)NC(=O)OCC1c2ccccc2-c2ccccc21. The van der Waals surface area contributed by atoms with Gasteiger partial charge in [-0.1, -0.05) is 48.5 Å². The number of carbonyl (C=O) groups is 2. The molecule has 1 atom stereocenters. The molecule has 160 valence electrons. The molecule has 3 aromatic rings. The Kier molecular flexibility index (Phi) is 6.02. The summed E-state index contributed by atoms with van der Waals surface area (Å²) in [6.45, 7) is 0.219. The fourth-order valence-corrected chi connectivity index (χ4v) is 4.18. The summed E-state index contributed by atoms with van der Waals surface area (Å²) in [5.74, 6) is -0.919. The van der Waals surface area contributed by atoms with Crippen LogP contribution in [0.4, 0.5) is 4.79 Å². The highest BCUT2D eigenvalue weighted by atomic mass is 16.5. The number of hydrogen-bond donors (Lipinski definition) is 2. The van der Waals surface area contributed by atoms with Crippen molar-refractivity contribution in [2.24, 2.45) is 7.05 Å². The molecule has 0 spiro atoms. The molecule has 1 aromatic heterocycles. The second kappa shape index (κ2) is 9.04. The predicted molar refractivity (Wildman–Crippen MR) is 116 cm³/mol. The van der Waals surface area contributed by atoms with Gasteiger partial charge in [-0.05, 0) is 34.7 Å². The standard InChI is InChI=1S/C24H25N3O4/c1-27-17(12-13-25-27)14-16(10-11-23(28)29)26-24(30)31-15-22-20-8-4-2-6-18(20)19-7-3-5-9-21(19)22/h2-9,12-13,16,22H,10-11,14-15H2,1H3,(H,26,30)(H,28,29). The Morgan fingerprint density at radius 2 is 1.74 bits per heavy atom. The molecule has 7 nitrogen and oxygen atoms in total. The van der Waals surface area contributed by atoms with E-state index in [0.29, 0.717) is 12.8 Å². The maximum absolute atomic E-state index is 12.6. The molecule has 31 heavy (non-hydrogen) atoms. The van der Waals surface area contributed by atoms with Crippen LogP contribution in [0.2, 0.25) is 0 Å². The van der Waals surface area contributed by atoms with Crippen LogP contribution in [0.1, 0.15) is 35.6 Å². The molecule has 1 unspecified atom stereocenters. The lowest BCUT2D eigenvalue weighted by Gasteiger charge is -2.19. The molecule has 1 heterocycles. The van der Waals surface area contributed by atoms with Gasteiger partial charge in [0.15, 0.2) is 0 Å². The van der Waals surface area contributed by atoms with E-state index in [0.717, 1.165) is 16.8 Å². The minimum atomic E-state index is -0.899. The summed E-state index contributed by atoms with van der Waals surface area (Å²) < 4.78 is 7.32. The highest BCUT2D eigenvalue weighted by Crippen LogP contribution is 2.44. The van der Waals surface area contributed by atoms with Crippen molar-refractivity contribution in [3.63, 3.8) is 0 Å². The summed E-state index contributed by atoms with van der Waals surface area (Å²) in [5.41, 5.74) is 5.54. The van der Waals surface area contributed by atoms with Gasteiger partial charge >= 0.3 is 12.1 Å². The molecule has 0 saturated heterocycles. The number of hydrogen-bond acceptors (Lipinski definition) is 4. The van der Waals surface area contributed by atoms with E-state index in [4.69, 9.17) is 9.84 Å². The molecule has 7 heteroatoms. The molecule has 4 rings (SSSR count). The summed E-state index contributed by atoms with van der Waals surface area (Å²) in [6, 6.07) is 17.8. The third-order valence-corrected chi connectivity index (χ3v) is 5.75. The van der Waals surface area contributed by atoms with E-state index >= 15 is 0 Å². The van der Waals surface area contributed by atoms with Gasteiger partial charge in [0.05, 0.1) is 0 Å². The van der Waals surface area contributed by atoms with Crippen molar-refractivity contribution in [3.05, 3.63) is 77.6 Å². The molecule has 0 bridgehead atoms. The van der Waals surface area contributed by atoms with Crippen LogP contribution in [0.5, 0.6) is 0 Å². The fraction of sp³-hybridized carbons (Fsp3) is 0.292. The van der Waals surface area contributed by atoms with Crippen molar-refractivity contribution in [2.75, 3.05) is 6.61 Å². The lowest BCUT2D eigenvalue weighted by atomic mass is 9.98. The Morgan fingerprint density at radius 3 is 2.32 bits per heavy atom. The molecule has 0 fully saturated rings. The number of carboxylic acids is 1. The summed E-state index contributed by atoms with van der Waals surface area (Å²) in [5, 5.41) is 16.0. The van der Waals surface area contributed by atoms with Crippen LogP contribution in [0.3, 0.4) is 0 Å². The zero-order valence-corrected chi connectivity index (χ0v) is 17.3. The second-order valence-electron chi connectivity index (χ2n) is 7.75. The summed E-state index contributed by atoms with van der Waals surface area (Å²) in [4.78, 5) is 23.6. The number of nitrogens with one attached hydrogen (secondary N) is 1. The van der Waals surface area contributed by atoms with Gasteiger partial charge in [0, 0.05) is 43.7 Å². The number of fused-ring (bicyclic) bond motifs is 3. The molecule has 1 amide bonds. The fourth-order valence-electron chi connectivity index (χ4n) is 4.18. The Labute approximate surface area is 180 Å². The first-order valence-electron chi connectivity index (χ1n) is 10.3. The lowest BCUT2D eigenvalue weighted by molar-refractivity contribution is -0.137. The van der Waals surface area contributed by atoms with Crippen molar-refractivity contribution >= 4 is 12.1 Å². The topological polar surface area (TPSA) is 93.5 Å². The van der Waals surface area contributed by atoms with Crippen molar-refractivity contribution in [2.45, 2.75) is 31.2 Å². The van der Waals surface area contributed by atoms with Gasteiger partial charge in [-0.15, -0.1) is 0 Å². The van der Waals surface area contributed by atoms with Gasteiger partial charge < -0.3 is 15.2 Å². The molecule has 2 aromatic carbocycles. The van der Waals surface area contributed by atoms with Gasteiger partial charge in [-0.2, -0.15) is 5.10 Å². The molecule has 2 N–H and O–H groups in total. The first kappa shape index (κ1) is 20.7. The number of ether oxygens (including phenoxy) is 1. The van der Waals surface area contributed by atoms with Crippen LogP contribution in [0.15, 0.2) is 60.8 Å². The zero-order valence-electron chi connectivity index (χ0n) is 17.3. The van der Waals surface area contributed by atoms with Crippen LogP contribution in [-0.4, -0.2) is 39.6 Å². The van der Waals surface area contributed by atoms with Crippen LogP contribution in [0, 0.1) is 0 Å². The van der Waals surface area contributed by atoms with Crippen molar-refractivity contribution in [1.82, 2.24) is 15.1 Å². The number of aliphatic carboxylic acids is 1. The Bertz CT molecular complexity index is 1050. The smallest absolute Gasteiger partial charge is 0.407 e. The third kappa shape index (κ3) is 4.60. The summed E-state index contributed by atoms with van der Waals surface area (Å²) in [6.07, 6.45) is 1.89. The number of carbonyl (C=O) groups excluding carboxylic acids is 1. The number of rotatable bonds is 8. The van der Waals surface area contributed by atoms with E-state index in [9.17, 15) is 9.59 Å². The van der Waals surface area contributed by atoms with E-state index in [1.807, 2.05) is 37.4 Å². The molecular formula is C24H25N3O4. The van der Waals surface area contributed by atoms with E-state index in [1.165, 1.54) is 11.1 Å². The van der Waals surface area contributed by atoms with Gasteiger partial charge in [0.1, 0.15) is 6.61 Å². The predicted octanol–water partition coefficient (Wildman–Crippen LogP) is 3.73. The lowest BCUT2D eigenvalue weighted by Crippen LogP contribution is -2.38. The maximum atomic E-state index is 12.6. The van der Waals surface area contributed by atoms with E-state index in [-0.39, 0.29) is 25.0 Å². The Morgan fingerprint density at radius 1 is 1.10 bits per heavy atom. The molecule has 0 aliphatic heterocycles. The van der Waals surface area contributed by atoms with Gasteiger partial charge in [0.2, 0.25) is 0 Å². The van der Waals surface area contributed by atoms with Crippen LogP contribution < -0.4 is 5.32 Å². The monoisotopic (exact) mass is 419 g/mol. The normalized spacial score (nSPS) is 13.3. The van der Waals surface area contributed by atoms with E-state index in [2.05, 4.69) is 34.7 Å². The van der Waals surface area contributed by atoms with Crippen LogP contribution >= 0.6 is 0 Å². The van der Waals surface area contributed by atoms with Crippen LogP contribution in [-0.2, 0) is 23.0 Å². The number of benzene rings is 2. The van der Waals surface area contributed by atoms with Crippen molar-refractivity contribution in [3.8, 4) is 11.1 Å². The molecular weight excluding hydrogens is 394 g/mol. The number of carboxylic acid groups (broad SMARTS) is 1. The number of aryl methyl sites for hydroxylation is 1. The van der Waals surface area contributed by atoms with Crippen molar-refractivity contribution < 1.29 is 19.4 Å².